The maximum atomic E-state index is 12.4. The van der Waals surface area contributed by atoms with Crippen molar-refractivity contribution in [3.8, 4) is 11.5 Å². The summed E-state index contributed by atoms with van der Waals surface area (Å²) in [7, 11) is 1.62. The Morgan fingerprint density at radius 3 is 2.32 bits per heavy atom. The van der Waals surface area contributed by atoms with Gasteiger partial charge in [0.1, 0.15) is 0 Å². The zero-order valence-corrected chi connectivity index (χ0v) is 20.2. The zero-order chi connectivity index (χ0) is 23.0. The van der Waals surface area contributed by atoms with Crippen LogP contribution in [0.3, 0.4) is 0 Å². The molecule has 0 unspecified atom stereocenters. The number of thiocarbonyl (C=S) groups is 1. The van der Waals surface area contributed by atoms with Gasteiger partial charge in [0.2, 0.25) is 0 Å². The molecule has 5 nitrogen and oxygen atoms in total. The summed E-state index contributed by atoms with van der Waals surface area (Å²) in [6.07, 6.45) is 0.985. The number of benzene rings is 2. The summed E-state index contributed by atoms with van der Waals surface area (Å²) in [6, 6.07) is 13.4. The molecule has 2 rings (SSSR count). The summed E-state index contributed by atoms with van der Waals surface area (Å²) in [4.78, 5) is 12.4. The molecule has 168 valence electrons. The number of amides is 1. The van der Waals surface area contributed by atoms with Gasteiger partial charge in [-0.2, -0.15) is 0 Å². The first-order valence-electron chi connectivity index (χ1n) is 10.6. The molecule has 0 aliphatic carbocycles. The van der Waals surface area contributed by atoms with Gasteiger partial charge in [-0.1, -0.05) is 52.8 Å². The van der Waals surface area contributed by atoms with Crippen LogP contribution < -0.4 is 20.1 Å². The van der Waals surface area contributed by atoms with Crippen LogP contribution >= 0.6 is 12.2 Å². The molecule has 2 aromatic rings. The van der Waals surface area contributed by atoms with Crippen LogP contribution in [-0.2, 0) is 12.0 Å². The molecule has 31 heavy (non-hydrogen) atoms. The third-order valence-corrected chi connectivity index (χ3v) is 5.12. The molecule has 2 N–H and O–H groups in total. The maximum Gasteiger partial charge on any atom is 0.257 e. The van der Waals surface area contributed by atoms with Crippen molar-refractivity contribution in [2.75, 3.05) is 13.7 Å². The highest BCUT2D eigenvalue weighted by atomic mass is 32.1. The van der Waals surface area contributed by atoms with Gasteiger partial charge in [-0.15, -0.1) is 0 Å². The van der Waals surface area contributed by atoms with E-state index in [1.807, 2.05) is 42.5 Å². The van der Waals surface area contributed by atoms with Crippen molar-refractivity contribution in [1.29, 1.82) is 0 Å². The number of methoxy groups -OCH3 is 1. The molecule has 1 amide bonds. The minimum atomic E-state index is -0.232. The lowest BCUT2D eigenvalue weighted by Gasteiger charge is -2.19. The normalized spacial score (nSPS) is 11.2. The molecule has 0 radical (unpaired) electrons. The second kappa shape index (κ2) is 11.1. The van der Waals surface area contributed by atoms with E-state index >= 15 is 0 Å². The Kier molecular flexibility index (Phi) is 8.87. The summed E-state index contributed by atoms with van der Waals surface area (Å²) in [6.45, 7) is 11.9. The fourth-order valence-electron chi connectivity index (χ4n) is 2.87. The van der Waals surface area contributed by atoms with E-state index in [0.717, 1.165) is 17.7 Å². The number of carbonyl (C=O) groups is 1. The predicted molar refractivity (Wildman–Crippen MR) is 130 cm³/mol. The lowest BCUT2D eigenvalue weighted by atomic mass is 9.87. The van der Waals surface area contributed by atoms with Crippen LogP contribution in [0.4, 0.5) is 0 Å². The molecule has 0 heterocycles. The molecule has 6 heteroatoms. The van der Waals surface area contributed by atoms with Crippen molar-refractivity contribution in [3.63, 3.8) is 0 Å². The summed E-state index contributed by atoms with van der Waals surface area (Å²) >= 11 is 5.28. The van der Waals surface area contributed by atoms with Gasteiger partial charge in [0.15, 0.2) is 16.6 Å². The first-order valence-corrected chi connectivity index (χ1v) is 11.0. The fraction of sp³-hybridized carbons (Fsp3) is 0.440. The van der Waals surface area contributed by atoms with Crippen LogP contribution in [0.2, 0.25) is 0 Å². The zero-order valence-electron chi connectivity index (χ0n) is 19.4. The summed E-state index contributed by atoms with van der Waals surface area (Å²) in [5.41, 5.74) is 2.76. The van der Waals surface area contributed by atoms with Gasteiger partial charge in [0.05, 0.1) is 13.7 Å². The van der Waals surface area contributed by atoms with Gasteiger partial charge in [-0.05, 0) is 65.4 Å². The van der Waals surface area contributed by atoms with E-state index in [1.165, 1.54) is 5.56 Å². The molecule has 0 saturated heterocycles. The molecule has 0 aliphatic rings. The first-order chi connectivity index (χ1) is 14.6. The number of hydrogen-bond acceptors (Lipinski definition) is 4. The quantitative estimate of drug-likeness (QED) is 0.549. The molecule has 0 aromatic heterocycles. The van der Waals surface area contributed by atoms with Gasteiger partial charge in [0, 0.05) is 12.1 Å². The van der Waals surface area contributed by atoms with Crippen LogP contribution in [0, 0.1) is 5.92 Å². The summed E-state index contributed by atoms with van der Waals surface area (Å²) < 4.78 is 11.3. The molecule has 0 fully saturated rings. The first kappa shape index (κ1) is 24.7. The lowest BCUT2D eigenvalue weighted by Crippen LogP contribution is -2.38. The molecular formula is C25H34N2O3S. The highest BCUT2D eigenvalue weighted by Crippen LogP contribution is 2.28. The average molecular weight is 443 g/mol. The maximum absolute atomic E-state index is 12.4. The molecule has 0 spiro atoms. The molecule has 0 bridgehead atoms. The highest BCUT2D eigenvalue weighted by molar-refractivity contribution is 7.80. The summed E-state index contributed by atoms with van der Waals surface area (Å²) in [5, 5.41) is 6.07. The standard InChI is InChI=1S/C25H34N2O3S/c1-17(2)13-14-30-21-12-7-18(15-22(21)29-6)16-26-24(31)27-23(28)19-8-10-20(11-9-19)25(3,4)5/h7-12,15,17H,13-14,16H2,1-6H3,(H2,26,27,28,31). The van der Waals surface area contributed by atoms with Crippen LogP contribution in [0.15, 0.2) is 42.5 Å². The van der Waals surface area contributed by atoms with Gasteiger partial charge < -0.3 is 14.8 Å². The van der Waals surface area contributed by atoms with Crippen molar-refractivity contribution < 1.29 is 14.3 Å². The van der Waals surface area contributed by atoms with E-state index in [2.05, 4.69) is 45.3 Å². The monoisotopic (exact) mass is 442 g/mol. The summed E-state index contributed by atoms with van der Waals surface area (Å²) in [5.74, 6) is 1.75. The number of carbonyl (C=O) groups excluding carboxylic acids is 1. The van der Waals surface area contributed by atoms with E-state index in [0.29, 0.717) is 30.4 Å². The molecule has 0 aliphatic heterocycles. The highest BCUT2D eigenvalue weighted by Gasteiger charge is 2.15. The topological polar surface area (TPSA) is 59.6 Å². The van der Waals surface area contributed by atoms with Crippen molar-refractivity contribution >= 4 is 23.2 Å². The minimum Gasteiger partial charge on any atom is -0.493 e. The predicted octanol–water partition coefficient (Wildman–Crippen LogP) is 5.22. The van der Waals surface area contributed by atoms with Crippen LogP contribution in [-0.4, -0.2) is 24.7 Å². The molecular weight excluding hydrogens is 408 g/mol. The second-order valence-electron chi connectivity index (χ2n) is 8.98. The fourth-order valence-corrected chi connectivity index (χ4v) is 3.03. The Morgan fingerprint density at radius 2 is 1.74 bits per heavy atom. The SMILES string of the molecule is COc1cc(CNC(=S)NC(=O)c2ccc(C(C)(C)C)cc2)ccc1OCCC(C)C. The number of hydrogen-bond donors (Lipinski definition) is 2. The van der Waals surface area contributed by atoms with Crippen molar-refractivity contribution in [1.82, 2.24) is 10.6 Å². The van der Waals surface area contributed by atoms with E-state index < -0.39 is 0 Å². The largest absolute Gasteiger partial charge is 0.493 e. The smallest absolute Gasteiger partial charge is 0.257 e. The third-order valence-electron chi connectivity index (χ3n) is 4.87. The van der Waals surface area contributed by atoms with Crippen LogP contribution in [0.25, 0.3) is 0 Å². The van der Waals surface area contributed by atoms with E-state index in [9.17, 15) is 4.79 Å². The third kappa shape index (κ3) is 7.87. The van der Waals surface area contributed by atoms with Gasteiger partial charge in [-0.25, -0.2) is 0 Å². The van der Waals surface area contributed by atoms with E-state index in [4.69, 9.17) is 21.7 Å². The Morgan fingerprint density at radius 1 is 1.06 bits per heavy atom. The van der Waals surface area contributed by atoms with Crippen LogP contribution in [0.1, 0.15) is 62.5 Å². The van der Waals surface area contributed by atoms with Crippen molar-refractivity contribution in [2.24, 2.45) is 5.92 Å². The van der Waals surface area contributed by atoms with Gasteiger partial charge in [-0.3, -0.25) is 10.1 Å². The number of rotatable bonds is 8. The van der Waals surface area contributed by atoms with Gasteiger partial charge in [0.25, 0.3) is 5.91 Å². The lowest BCUT2D eigenvalue weighted by molar-refractivity contribution is 0.0976. The van der Waals surface area contributed by atoms with E-state index in [-0.39, 0.29) is 16.4 Å². The number of nitrogens with one attached hydrogen (secondary N) is 2. The minimum absolute atomic E-state index is 0.0436. The Hall–Kier alpha value is -2.60. The van der Waals surface area contributed by atoms with Crippen molar-refractivity contribution in [2.45, 2.75) is 53.0 Å². The molecule has 0 saturated carbocycles. The van der Waals surface area contributed by atoms with Gasteiger partial charge >= 0.3 is 0 Å². The second-order valence-corrected chi connectivity index (χ2v) is 9.39. The number of ether oxygens (including phenoxy) is 2. The Balaban J connectivity index is 1.89. The van der Waals surface area contributed by atoms with Crippen LogP contribution in [0.5, 0.6) is 11.5 Å². The molecule has 2 aromatic carbocycles. The van der Waals surface area contributed by atoms with E-state index in [1.54, 1.807) is 7.11 Å². The Bertz CT molecular complexity index is 887. The van der Waals surface area contributed by atoms with Crippen molar-refractivity contribution in [3.05, 3.63) is 59.2 Å². The average Bonchev–Trinajstić information content (AvgIpc) is 2.72. The Labute approximate surface area is 191 Å². The molecule has 0 atom stereocenters.